The summed E-state index contributed by atoms with van der Waals surface area (Å²) in [6, 6.07) is -0.596. The Hall–Kier alpha value is -1.59. The molecule has 2 atom stereocenters. The van der Waals surface area contributed by atoms with Crippen LogP contribution in [0.2, 0.25) is 0 Å². The number of carboxylic acids is 1. The van der Waals surface area contributed by atoms with Crippen molar-refractivity contribution in [1.82, 2.24) is 4.90 Å². The van der Waals surface area contributed by atoms with E-state index < -0.39 is 23.3 Å². The molecule has 2 unspecified atom stereocenters. The van der Waals surface area contributed by atoms with Gasteiger partial charge in [-0.1, -0.05) is 13.8 Å². The summed E-state index contributed by atoms with van der Waals surface area (Å²) in [6.45, 7) is 5.60. The van der Waals surface area contributed by atoms with Crippen molar-refractivity contribution < 1.29 is 19.5 Å². The number of piperidine rings is 1. The van der Waals surface area contributed by atoms with Gasteiger partial charge in [0.25, 0.3) is 0 Å². The minimum Gasteiger partial charge on any atom is -0.481 e. The average Bonchev–Trinajstić information content (AvgIpc) is 2.37. The topological polar surface area (TPSA) is 101 Å². The first kappa shape index (κ1) is 16.5. The number of hydrogen-bond donors (Lipinski definition) is 2. The molecule has 0 aromatic rings. The first-order valence-corrected chi connectivity index (χ1v) is 7.02. The molecular formula is C14H24N2O4. The molecule has 0 aliphatic carbocycles. The van der Waals surface area contributed by atoms with Crippen LogP contribution in [0.15, 0.2) is 0 Å². The van der Waals surface area contributed by atoms with Gasteiger partial charge >= 0.3 is 5.97 Å². The average molecular weight is 284 g/mol. The highest BCUT2D eigenvalue weighted by atomic mass is 16.4. The number of carbonyl (C=O) groups excluding carboxylic acids is 2. The van der Waals surface area contributed by atoms with Crippen LogP contribution in [0, 0.1) is 11.3 Å². The van der Waals surface area contributed by atoms with Crippen molar-refractivity contribution in [3.8, 4) is 0 Å². The van der Waals surface area contributed by atoms with Crippen LogP contribution in [0.5, 0.6) is 0 Å². The summed E-state index contributed by atoms with van der Waals surface area (Å²) in [4.78, 5) is 36.7. The van der Waals surface area contributed by atoms with Crippen molar-refractivity contribution >= 4 is 17.8 Å². The van der Waals surface area contributed by atoms with Crippen LogP contribution in [0.4, 0.5) is 0 Å². The van der Waals surface area contributed by atoms with E-state index in [2.05, 4.69) is 0 Å². The van der Waals surface area contributed by atoms with Crippen molar-refractivity contribution in [1.29, 1.82) is 0 Å². The molecule has 2 amide bonds. The molecule has 20 heavy (non-hydrogen) atoms. The molecule has 0 bridgehead atoms. The van der Waals surface area contributed by atoms with E-state index in [0.717, 1.165) is 12.8 Å². The van der Waals surface area contributed by atoms with Gasteiger partial charge in [-0.25, -0.2) is 0 Å². The molecule has 0 aromatic carbocycles. The summed E-state index contributed by atoms with van der Waals surface area (Å²) in [5, 5.41) is 9.36. The molecule has 6 heteroatoms. The van der Waals surface area contributed by atoms with E-state index in [-0.39, 0.29) is 18.2 Å². The molecular weight excluding hydrogens is 260 g/mol. The number of carboxylic acid groups (broad SMARTS) is 1. The van der Waals surface area contributed by atoms with E-state index in [1.807, 2.05) is 0 Å². The second kappa shape index (κ2) is 6.24. The summed E-state index contributed by atoms with van der Waals surface area (Å²) in [7, 11) is 0. The lowest BCUT2D eigenvalue weighted by molar-refractivity contribution is -0.157. The minimum absolute atomic E-state index is 0.107. The first-order chi connectivity index (χ1) is 9.20. The standard InChI is InChI=1S/C14H24N2O4/c1-9(2)14(3,13(19)20)8-11(17)16-7-5-4-6-10(16)12(15)18/h9-10H,4-8H2,1-3H3,(H2,15,18)(H,19,20). The van der Waals surface area contributed by atoms with E-state index >= 15 is 0 Å². The number of carbonyl (C=O) groups is 3. The zero-order chi connectivity index (χ0) is 15.5. The maximum Gasteiger partial charge on any atom is 0.310 e. The zero-order valence-corrected chi connectivity index (χ0v) is 12.4. The quantitative estimate of drug-likeness (QED) is 0.786. The van der Waals surface area contributed by atoms with Gasteiger partial charge in [0.2, 0.25) is 11.8 Å². The van der Waals surface area contributed by atoms with E-state index in [0.29, 0.717) is 13.0 Å². The number of rotatable bonds is 5. The fourth-order valence-corrected chi connectivity index (χ4v) is 2.47. The molecule has 1 aliphatic rings. The Kier molecular flexibility index (Phi) is 5.14. The van der Waals surface area contributed by atoms with Crippen LogP contribution in [-0.4, -0.2) is 40.4 Å². The van der Waals surface area contributed by atoms with Crippen LogP contribution in [-0.2, 0) is 14.4 Å². The van der Waals surface area contributed by atoms with Crippen molar-refractivity contribution in [3.63, 3.8) is 0 Å². The van der Waals surface area contributed by atoms with E-state index in [9.17, 15) is 19.5 Å². The fraction of sp³-hybridized carbons (Fsp3) is 0.786. The molecule has 0 radical (unpaired) electrons. The Morgan fingerprint density at radius 1 is 1.35 bits per heavy atom. The Morgan fingerprint density at radius 3 is 2.40 bits per heavy atom. The monoisotopic (exact) mass is 284 g/mol. The number of likely N-dealkylation sites (tertiary alicyclic amines) is 1. The molecule has 0 saturated carbocycles. The summed E-state index contributed by atoms with van der Waals surface area (Å²) >= 11 is 0. The maximum absolute atomic E-state index is 12.4. The lowest BCUT2D eigenvalue weighted by Crippen LogP contribution is -2.52. The summed E-state index contributed by atoms with van der Waals surface area (Å²) in [5.74, 6) is -1.99. The Labute approximate surface area is 119 Å². The molecule has 6 nitrogen and oxygen atoms in total. The van der Waals surface area contributed by atoms with Crippen LogP contribution < -0.4 is 5.73 Å². The Bertz CT molecular complexity index is 408. The molecule has 1 heterocycles. The highest BCUT2D eigenvalue weighted by molar-refractivity contribution is 5.89. The van der Waals surface area contributed by atoms with E-state index in [1.54, 1.807) is 20.8 Å². The maximum atomic E-state index is 12.4. The lowest BCUT2D eigenvalue weighted by Gasteiger charge is -2.37. The predicted octanol–water partition coefficient (Wildman–Crippen LogP) is 0.990. The first-order valence-electron chi connectivity index (χ1n) is 7.02. The molecule has 0 spiro atoms. The van der Waals surface area contributed by atoms with Gasteiger partial charge in [-0.3, -0.25) is 14.4 Å². The van der Waals surface area contributed by atoms with Gasteiger partial charge in [-0.2, -0.15) is 0 Å². The molecule has 0 aromatic heterocycles. The summed E-state index contributed by atoms with van der Waals surface area (Å²) < 4.78 is 0. The number of primary amides is 1. The molecule has 1 rings (SSSR count). The third kappa shape index (κ3) is 3.29. The number of amides is 2. The minimum atomic E-state index is -1.13. The van der Waals surface area contributed by atoms with Gasteiger partial charge in [-0.15, -0.1) is 0 Å². The van der Waals surface area contributed by atoms with Gasteiger partial charge in [-0.05, 0) is 32.1 Å². The van der Waals surface area contributed by atoms with Crippen molar-refractivity contribution in [2.24, 2.45) is 17.1 Å². The van der Waals surface area contributed by atoms with Crippen molar-refractivity contribution in [2.75, 3.05) is 6.54 Å². The predicted molar refractivity (Wildman–Crippen MR) is 73.7 cm³/mol. The fourth-order valence-electron chi connectivity index (χ4n) is 2.47. The van der Waals surface area contributed by atoms with Crippen molar-refractivity contribution in [3.05, 3.63) is 0 Å². The summed E-state index contributed by atoms with van der Waals surface area (Å²) in [5.41, 5.74) is 4.20. The summed E-state index contributed by atoms with van der Waals surface area (Å²) in [6.07, 6.45) is 2.13. The smallest absolute Gasteiger partial charge is 0.310 e. The van der Waals surface area contributed by atoms with Gasteiger partial charge in [0.1, 0.15) is 6.04 Å². The van der Waals surface area contributed by atoms with Crippen LogP contribution >= 0.6 is 0 Å². The third-order valence-corrected chi connectivity index (χ3v) is 4.43. The van der Waals surface area contributed by atoms with Crippen LogP contribution in [0.25, 0.3) is 0 Å². The largest absolute Gasteiger partial charge is 0.481 e. The van der Waals surface area contributed by atoms with Crippen molar-refractivity contribution in [2.45, 2.75) is 52.5 Å². The zero-order valence-electron chi connectivity index (χ0n) is 12.4. The van der Waals surface area contributed by atoms with Crippen LogP contribution in [0.1, 0.15) is 46.5 Å². The second-order valence-electron chi connectivity index (χ2n) is 6.06. The molecule has 1 aliphatic heterocycles. The molecule has 114 valence electrons. The van der Waals surface area contributed by atoms with Gasteiger partial charge in [0, 0.05) is 13.0 Å². The lowest BCUT2D eigenvalue weighted by atomic mass is 9.76. The van der Waals surface area contributed by atoms with Crippen LogP contribution in [0.3, 0.4) is 0 Å². The van der Waals surface area contributed by atoms with Gasteiger partial charge < -0.3 is 15.7 Å². The Morgan fingerprint density at radius 2 is 1.95 bits per heavy atom. The number of aliphatic carboxylic acids is 1. The molecule has 1 saturated heterocycles. The van der Waals surface area contributed by atoms with Gasteiger partial charge in [0.05, 0.1) is 5.41 Å². The number of hydrogen-bond acceptors (Lipinski definition) is 3. The third-order valence-electron chi connectivity index (χ3n) is 4.43. The Balaban J connectivity index is 2.88. The van der Waals surface area contributed by atoms with E-state index in [4.69, 9.17) is 5.73 Å². The second-order valence-corrected chi connectivity index (χ2v) is 6.06. The SMILES string of the molecule is CC(C)C(C)(CC(=O)N1CCCCC1C(N)=O)C(=O)O. The number of nitrogens with zero attached hydrogens (tertiary/aromatic N) is 1. The number of nitrogens with two attached hydrogens (primary N) is 1. The van der Waals surface area contributed by atoms with E-state index in [1.165, 1.54) is 4.90 Å². The molecule has 3 N–H and O–H groups in total. The highest BCUT2D eigenvalue weighted by Crippen LogP contribution is 2.33. The highest BCUT2D eigenvalue weighted by Gasteiger charge is 2.41. The normalized spacial score (nSPS) is 22.4. The molecule has 1 fully saturated rings. The van der Waals surface area contributed by atoms with Gasteiger partial charge in [0.15, 0.2) is 0 Å².